The van der Waals surface area contributed by atoms with E-state index in [9.17, 15) is 4.79 Å². The van der Waals surface area contributed by atoms with E-state index in [4.69, 9.17) is 4.74 Å². The minimum atomic E-state index is 0.0392. The quantitative estimate of drug-likeness (QED) is 0.714. The Morgan fingerprint density at radius 1 is 1.36 bits per heavy atom. The Kier molecular flexibility index (Phi) is 4.33. The van der Waals surface area contributed by atoms with Gasteiger partial charge in [0.1, 0.15) is 6.61 Å². The van der Waals surface area contributed by atoms with Gasteiger partial charge in [-0.05, 0) is 12.0 Å². The van der Waals surface area contributed by atoms with Gasteiger partial charge < -0.3 is 4.74 Å². The summed E-state index contributed by atoms with van der Waals surface area (Å²) in [5.74, 6) is 0.203. The lowest BCUT2D eigenvalue weighted by molar-refractivity contribution is -0.126. The molecule has 1 aromatic carbocycles. The Hall–Kier alpha value is -1.15. The first-order valence-corrected chi connectivity index (χ1v) is 4.79. The minimum Gasteiger partial charge on any atom is -0.377 e. The molecule has 0 N–H and O–H groups in total. The molecule has 0 saturated carbocycles. The smallest absolute Gasteiger partial charge is 0.161 e. The van der Waals surface area contributed by atoms with Crippen LogP contribution in [-0.4, -0.2) is 19.5 Å². The molecular weight excluding hydrogens is 176 g/mol. The molecule has 1 rings (SSSR count). The lowest BCUT2D eigenvalue weighted by Gasteiger charge is -2.09. The number of ether oxygens (including phenoxy) is 1. The maximum Gasteiger partial charge on any atom is 0.161 e. The van der Waals surface area contributed by atoms with E-state index in [1.54, 1.807) is 7.11 Å². The van der Waals surface area contributed by atoms with E-state index in [0.29, 0.717) is 0 Å². The molecule has 1 atom stereocenters. The van der Waals surface area contributed by atoms with Crippen LogP contribution in [0, 0.1) is 5.92 Å². The topological polar surface area (TPSA) is 26.3 Å². The van der Waals surface area contributed by atoms with Gasteiger partial charge in [0.05, 0.1) is 0 Å². The largest absolute Gasteiger partial charge is 0.377 e. The maximum absolute atomic E-state index is 11.4. The summed E-state index contributed by atoms with van der Waals surface area (Å²) in [5, 5.41) is 0. The number of Topliss-reactive ketones (excluding diaryl/α,β-unsaturated/α-hetero) is 1. The molecule has 0 unspecified atom stereocenters. The number of carbonyl (C=O) groups is 1. The van der Waals surface area contributed by atoms with E-state index in [1.165, 1.54) is 5.56 Å². The highest BCUT2D eigenvalue weighted by atomic mass is 16.5. The third-order valence-electron chi connectivity index (χ3n) is 2.22. The van der Waals surface area contributed by atoms with E-state index in [2.05, 4.69) is 0 Å². The molecule has 0 radical (unpaired) electrons. The van der Waals surface area contributed by atoms with E-state index in [0.717, 1.165) is 6.42 Å². The fourth-order valence-corrected chi connectivity index (χ4v) is 1.37. The van der Waals surface area contributed by atoms with Crippen molar-refractivity contribution in [3.63, 3.8) is 0 Å². The van der Waals surface area contributed by atoms with Gasteiger partial charge in [-0.3, -0.25) is 4.79 Å². The molecule has 0 saturated heterocycles. The summed E-state index contributed by atoms with van der Waals surface area (Å²) in [7, 11) is 1.55. The Morgan fingerprint density at radius 3 is 2.57 bits per heavy atom. The summed E-state index contributed by atoms with van der Waals surface area (Å²) in [6.45, 7) is 2.16. The molecular formula is C12H16O2. The van der Waals surface area contributed by atoms with Crippen LogP contribution >= 0.6 is 0 Å². The van der Waals surface area contributed by atoms with Crippen molar-refractivity contribution >= 4 is 5.78 Å². The molecule has 0 bridgehead atoms. The second kappa shape index (κ2) is 5.55. The highest BCUT2D eigenvalue weighted by Gasteiger charge is 2.12. The predicted octanol–water partition coefficient (Wildman–Crippen LogP) is 2.08. The van der Waals surface area contributed by atoms with E-state index in [-0.39, 0.29) is 18.3 Å². The number of benzene rings is 1. The zero-order chi connectivity index (χ0) is 10.4. The van der Waals surface area contributed by atoms with Crippen LogP contribution in [0.4, 0.5) is 0 Å². The van der Waals surface area contributed by atoms with Crippen molar-refractivity contribution in [2.24, 2.45) is 5.92 Å². The van der Waals surface area contributed by atoms with Crippen LogP contribution < -0.4 is 0 Å². The molecule has 0 spiro atoms. The van der Waals surface area contributed by atoms with Crippen molar-refractivity contribution < 1.29 is 9.53 Å². The van der Waals surface area contributed by atoms with Gasteiger partial charge in [0, 0.05) is 13.0 Å². The first kappa shape index (κ1) is 10.9. The standard InChI is InChI=1S/C12H16O2/c1-10(12(13)9-14-2)8-11-6-4-3-5-7-11/h3-7,10H,8-9H2,1-2H3/t10-/m1/s1. The zero-order valence-corrected chi connectivity index (χ0v) is 8.69. The Bertz CT molecular complexity index is 280. The fourth-order valence-electron chi connectivity index (χ4n) is 1.37. The second-order valence-corrected chi connectivity index (χ2v) is 3.49. The van der Waals surface area contributed by atoms with Crippen molar-refractivity contribution in [2.45, 2.75) is 13.3 Å². The first-order valence-electron chi connectivity index (χ1n) is 4.79. The summed E-state index contributed by atoms with van der Waals surface area (Å²) >= 11 is 0. The van der Waals surface area contributed by atoms with Gasteiger partial charge >= 0.3 is 0 Å². The number of carbonyl (C=O) groups excluding carboxylic acids is 1. The molecule has 0 fully saturated rings. The number of methoxy groups -OCH3 is 1. The first-order chi connectivity index (χ1) is 6.74. The van der Waals surface area contributed by atoms with Crippen molar-refractivity contribution in [3.05, 3.63) is 35.9 Å². The van der Waals surface area contributed by atoms with Crippen molar-refractivity contribution in [3.8, 4) is 0 Å². The number of hydrogen-bond donors (Lipinski definition) is 0. The zero-order valence-electron chi connectivity index (χ0n) is 8.69. The third kappa shape index (κ3) is 3.30. The number of ketones is 1. The molecule has 0 aliphatic heterocycles. The van der Waals surface area contributed by atoms with Gasteiger partial charge in [0.2, 0.25) is 0 Å². The van der Waals surface area contributed by atoms with Crippen LogP contribution in [0.15, 0.2) is 30.3 Å². The molecule has 0 amide bonds. The summed E-state index contributed by atoms with van der Waals surface area (Å²) in [4.78, 5) is 11.4. The van der Waals surface area contributed by atoms with Crippen LogP contribution in [0.1, 0.15) is 12.5 Å². The molecule has 0 heterocycles. The molecule has 0 aromatic heterocycles. The second-order valence-electron chi connectivity index (χ2n) is 3.49. The summed E-state index contributed by atoms with van der Waals surface area (Å²) in [6.07, 6.45) is 0.795. The summed E-state index contributed by atoms with van der Waals surface area (Å²) in [5.41, 5.74) is 1.20. The van der Waals surface area contributed by atoms with Crippen LogP contribution in [0.25, 0.3) is 0 Å². The van der Waals surface area contributed by atoms with E-state index >= 15 is 0 Å². The fraction of sp³-hybridized carbons (Fsp3) is 0.417. The minimum absolute atomic E-state index is 0.0392. The number of hydrogen-bond acceptors (Lipinski definition) is 2. The molecule has 14 heavy (non-hydrogen) atoms. The molecule has 0 aliphatic carbocycles. The van der Waals surface area contributed by atoms with Gasteiger partial charge in [-0.15, -0.1) is 0 Å². The van der Waals surface area contributed by atoms with Gasteiger partial charge in [0.25, 0.3) is 0 Å². The summed E-state index contributed by atoms with van der Waals surface area (Å²) < 4.78 is 4.81. The third-order valence-corrected chi connectivity index (χ3v) is 2.22. The van der Waals surface area contributed by atoms with Crippen molar-refractivity contribution in [1.82, 2.24) is 0 Å². The molecule has 2 heteroatoms. The molecule has 2 nitrogen and oxygen atoms in total. The van der Waals surface area contributed by atoms with Gasteiger partial charge in [-0.1, -0.05) is 37.3 Å². The van der Waals surface area contributed by atoms with Crippen LogP contribution in [0.5, 0.6) is 0 Å². The van der Waals surface area contributed by atoms with Crippen molar-refractivity contribution in [2.75, 3.05) is 13.7 Å². The van der Waals surface area contributed by atoms with Crippen molar-refractivity contribution in [1.29, 1.82) is 0 Å². The predicted molar refractivity (Wildman–Crippen MR) is 56.2 cm³/mol. The SMILES string of the molecule is COCC(=O)[C@H](C)Cc1ccccc1. The normalized spacial score (nSPS) is 12.4. The monoisotopic (exact) mass is 192 g/mol. The highest BCUT2D eigenvalue weighted by Crippen LogP contribution is 2.08. The Balaban J connectivity index is 2.49. The van der Waals surface area contributed by atoms with Crippen LogP contribution in [0.2, 0.25) is 0 Å². The van der Waals surface area contributed by atoms with Gasteiger partial charge in [0.15, 0.2) is 5.78 Å². The van der Waals surface area contributed by atoms with E-state index < -0.39 is 0 Å². The Morgan fingerprint density at radius 2 is 2.00 bits per heavy atom. The van der Waals surface area contributed by atoms with Crippen LogP contribution in [0.3, 0.4) is 0 Å². The van der Waals surface area contributed by atoms with E-state index in [1.807, 2.05) is 37.3 Å². The average Bonchev–Trinajstić information content (AvgIpc) is 2.19. The molecule has 0 aliphatic rings. The Labute approximate surface area is 84.9 Å². The highest BCUT2D eigenvalue weighted by molar-refractivity contribution is 5.82. The molecule has 1 aromatic rings. The van der Waals surface area contributed by atoms with Gasteiger partial charge in [-0.25, -0.2) is 0 Å². The maximum atomic E-state index is 11.4. The lowest BCUT2D eigenvalue weighted by atomic mass is 9.97. The van der Waals surface area contributed by atoms with Crippen LogP contribution in [-0.2, 0) is 16.0 Å². The molecule has 76 valence electrons. The summed E-state index contributed by atoms with van der Waals surface area (Å²) in [6, 6.07) is 10.0. The average molecular weight is 192 g/mol. The lowest BCUT2D eigenvalue weighted by Crippen LogP contribution is -2.18. The van der Waals surface area contributed by atoms with Gasteiger partial charge in [-0.2, -0.15) is 0 Å². The number of rotatable bonds is 5.